The van der Waals surface area contributed by atoms with Crippen molar-refractivity contribution in [2.75, 3.05) is 0 Å². The van der Waals surface area contributed by atoms with E-state index in [-0.39, 0.29) is 0 Å². The van der Waals surface area contributed by atoms with E-state index in [1.54, 1.807) is 0 Å². The second-order valence-electron chi connectivity index (χ2n) is 14.9. The van der Waals surface area contributed by atoms with Gasteiger partial charge in [-0.2, -0.15) is 0 Å². The van der Waals surface area contributed by atoms with Crippen LogP contribution in [0, 0.1) is 0 Å². The number of rotatable bonds is 5. The Balaban J connectivity index is 1.06. The van der Waals surface area contributed by atoms with Gasteiger partial charge < -0.3 is 13.6 Å². The van der Waals surface area contributed by atoms with Crippen LogP contribution in [0.3, 0.4) is 0 Å². The molecule has 0 saturated carbocycles. The fourth-order valence-electron chi connectivity index (χ4n) is 9.13. The lowest BCUT2D eigenvalue weighted by atomic mass is 9.95. The largest absolute Gasteiger partial charge is 0.456 e. The Bertz CT molecular complexity index is 3510. The zero-order valence-corrected chi connectivity index (χ0v) is 30.9. The van der Waals surface area contributed by atoms with Crippen molar-refractivity contribution in [2.24, 2.45) is 0 Å². The van der Waals surface area contributed by atoms with Crippen LogP contribution in [0.1, 0.15) is 0 Å². The van der Waals surface area contributed by atoms with Crippen molar-refractivity contribution in [3.8, 4) is 44.8 Å². The maximum Gasteiger partial charge on any atom is 0.138 e. The molecule has 0 fully saturated rings. The molecular weight excluding hydrogens is 693 g/mol. The lowest BCUT2D eigenvalue weighted by Crippen LogP contribution is -1.95. The molecular formula is C54H34N2O. The van der Waals surface area contributed by atoms with Gasteiger partial charge >= 0.3 is 0 Å². The zero-order valence-electron chi connectivity index (χ0n) is 30.9. The Morgan fingerprint density at radius 1 is 0.281 bits per heavy atom. The van der Waals surface area contributed by atoms with Gasteiger partial charge in [-0.3, -0.25) is 0 Å². The quantitative estimate of drug-likeness (QED) is 0.173. The smallest absolute Gasteiger partial charge is 0.138 e. The van der Waals surface area contributed by atoms with Gasteiger partial charge in [0.05, 0.1) is 27.8 Å². The Morgan fingerprint density at radius 3 is 1.47 bits per heavy atom. The van der Waals surface area contributed by atoms with Crippen LogP contribution in [0.25, 0.3) is 110 Å². The van der Waals surface area contributed by atoms with Crippen molar-refractivity contribution in [3.05, 3.63) is 206 Å². The number of fused-ring (bicyclic) bond motifs is 9. The van der Waals surface area contributed by atoms with Gasteiger partial charge in [-0.15, -0.1) is 0 Å². The molecule has 0 amide bonds. The van der Waals surface area contributed by atoms with Crippen molar-refractivity contribution in [2.45, 2.75) is 0 Å². The first kappa shape index (κ1) is 31.7. The molecule has 12 rings (SSSR count). The van der Waals surface area contributed by atoms with Crippen LogP contribution < -0.4 is 0 Å². The van der Waals surface area contributed by atoms with Crippen LogP contribution in [0.15, 0.2) is 211 Å². The highest BCUT2D eigenvalue weighted by molar-refractivity contribution is 6.15. The molecule has 0 aliphatic carbocycles. The second kappa shape index (κ2) is 12.5. The van der Waals surface area contributed by atoms with E-state index in [4.69, 9.17) is 4.42 Å². The Labute approximate surface area is 328 Å². The number of nitrogens with zero attached hydrogens (tertiary/aromatic N) is 2. The summed E-state index contributed by atoms with van der Waals surface area (Å²) in [4.78, 5) is 0. The first-order valence-corrected chi connectivity index (χ1v) is 19.5. The van der Waals surface area contributed by atoms with Crippen molar-refractivity contribution < 1.29 is 4.42 Å². The van der Waals surface area contributed by atoms with Gasteiger partial charge in [0, 0.05) is 44.1 Å². The summed E-state index contributed by atoms with van der Waals surface area (Å²) in [6.07, 6.45) is 0. The summed E-state index contributed by atoms with van der Waals surface area (Å²) < 4.78 is 11.4. The summed E-state index contributed by atoms with van der Waals surface area (Å²) in [7, 11) is 0. The molecule has 0 spiro atoms. The molecule has 0 saturated heterocycles. The van der Waals surface area contributed by atoms with Gasteiger partial charge in [0.1, 0.15) is 11.2 Å². The molecule has 0 atom stereocenters. The van der Waals surface area contributed by atoms with E-state index in [1.165, 1.54) is 60.5 Å². The highest BCUT2D eigenvalue weighted by atomic mass is 16.3. The molecule has 0 N–H and O–H groups in total. The Hall–Kier alpha value is -7.62. The fourth-order valence-corrected chi connectivity index (χ4v) is 9.13. The van der Waals surface area contributed by atoms with Crippen molar-refractivity contribution in [3.63, 3.8) is 0 Å². The molecule has 0 radical (unpaired) electrons. The maximum absolute atomic E-state index is 6.65. The molecule has 266 valence electrons. The molecule has 3 aromatic heterocycles. The average molecular weight is 727 g/mol. The molecule has 3 heteroatoms. The monoisotopic (exact) mass is 726 g/mol. The minimum Gasteiger partial charge on any atom is -0.456 e. The third kappa shape index (κ3) is 4.92. The number of hydrogen-bond acceptors (Lipinski definition) is 1. The molecule has 0 aliphatic rings. The summed E-state index contributed by atoms with van der Waals surface area (Å²) in [6.45, 7) is 0. The van der Waals surface area contributed by atoms with Crippen LogP contribution in [0.2, 0.25) is 0 Å². The van der Waals surface area contributed by atoms with Crippen molar-refractivity contribution in [1.29, 1.82) is 0 Å². The van der Waals surface area contributed by atoms with Crippen LogP contribution in [0.4, 0.5) is 0 Å². The summed E-state index contributed by atoms with van der Waals surface area (Å²) >= 11 is 0. The molecule has 9 aromatic carbocycles. The summed E-state index contributed by atoms with van der Waals surface area (Å²) in [5, 5.41) is 7.18. The van der Waals surface area contributed by atoms with E-state index < -0.39 is 0 Å². The van der Waals surface area contributed by atoms with Gasteiger partial charge in [-0.05, 0) is 100 Å². The topological polar surface area (TPSA) is 23.0 Å². The first-order valence-electron chi connectivity index (χ1n) is 19.5. The number of furan rings is 1. The number of para-hydroxylation sites is 4. The van der Waals surface area contributed by atoms with Gasteiger partial charge in [-0.1, -0.05) is 133 Å². The van der Waals surface area contributed by atoms with Crippen molar-refractivity contribution >= 4 is 65.6 Å². The third-order valence-corrected chi connectivity index (χ3v) is 11.7. The van der Waals surface area contributed by atoms with Crippen LogP contribution in [0.5, 0.6) is 0 Å². The van der Waals surface area contributed by atoms with Gasteiger partial charge in [0.2, 0.25) is 0 Å². The number of benzene rings is 9. The molecule has 0 aliphatic heterocycles. The molecule has 57 heavy (non-hydrogen) atoms. The van der Waals surface area contributed by atoms with E-state index in [1.807, 2.05) is 6.07 Å². The van der Waals surface area contributed by atoms with Crippen LogP contribution >= 0.6 is 0 Å². The first-order chi connectivity index (χ1) is 28.3. The predicted octanol–water partition coefficient (Wildman–Crippen LogP) is 14.8. The standard InChI is InChI=1S/C54H34N2O/c1-3-14-35(15-4-1)36-16-13-17-39(30-36)45-33-41(34-53-54(45)44-22-9-12-25-52(44)57-53)56-49-24-11-8-21-43(49)47-32-38(27-29-51(47)56)37-26-28-50-46(31-37)42-20-7-10-23-48(42)55(50)40-18-5-2-6-19-40/h1-34H. The number of hydrogen-bond donors (Lipinski definition) is 0. The lowest BCUT2D eigenvalue weighted by Gasteiger charge is -2.13. The van der Waals surface area contributed by atoms with Crippen LogP contribution in [-0.4, -0.2) is 9.13 Å². The molecule has 12 aromatic rings. The minimum atomic E-state index is 0.874. The normalized spacial score (nSPS) is 11.9. The predicted molar refractivity (Wildman–Crippen MR) is 239 cm³/mol. The summed E-state index contributed by atoms with van der Waals surface area (Å²) in [5.41, 5.74) is 15.8. The molecule has 0 unspecified atom stereocenters. The molecule has 3 nitrogen and oxygen atoms in total. The summed E-state index contributed by atoms with van der Waals surface area (Å²) in [6, 6.07) is 74.4. The molecule has 3 heterocycles. The average Bonchev–Trinajstić information content (AvgIpc) is 3.94. The second-order valence-corrected chi connectivity index (χ2v) is 14.9. The van der Waals surface area contributed by atoms with E-state index >= 15 is 0 Å². The number of aromatic nitrogens is 2. The van der Waals surface area contributed by atoms with Crippen LogP contribution in [-0.2, 0) is 0 Å². The maximum atomic E-state index is 6.65. The zero-order chi connectivity index (χ0) is 37.5. The van der Waals surface area contributed by atoms with E-state index in [0.29, 0.717) is 0 Å². The fraction of sp³-hybridized carbons (Fsp3) is 0. The van der Waals surface area contributed by atoms with Crippen molar-refractivity contribution in [1.82, 2.24) is 9.13 Å². The van der Waals surface area contributed by atoms with Gasteiger partial charge in [0.25, 0.3) is 0 Å². The van der Waals surface area contributed by atoms with Gasteiger partial charge in [0.15, 0.2) is 0 Å². The van der Waals surface area contributed by atoms with Gasteiger partial charge in [-0.25, -0.2) is 0 Å². The van der Waals surface area contributed by atoms with E-state index in [9.17, 15) is 0 Å². The Morgan fingerprint density at radius 2 is 0.789 bits per heavy atom. The highest BCUT2D eigenvalue weighted by Crippen LogP contribution is 2.43. The molecule has 0 bridgehead atoms. The highest BCUT2D eigenvalue weighted by Gasteiger charge is 2.20. The summed E-state index contributed by atoms with van der Waals surface area (Å²) in [5.74, 6) is 0. The lowest BCUT2D eigenvalue weighted by molar-refractivity contribution is 0.668. The SMILES string of the molecule is c1ccc(-c2cccc(-c3cc(-n4c5ccccc5c5cc(-c6ccc7c(c6)c6ccccc6n7-c6ccccc6)ccc54)cc4oc5ccccc5c34)c2)cc1. The minimum absolute atomic E-state index is 0.874. The van der Waals surface area contributed by atoms with E-state index in [0.717, 1.165) is 49.8 Å². The third-order valence-electron chi connectivity index (χ3n) is 11.7. The van der Waals surface area contributed by atoms with E-state index in [2.05, 4.69) is 209 Å². The Kier molecular flexibility index (Phi) is 6.93.